The first-order valence-electron chi connectivity index (χ1n) is 9.70. The van der Waals surface area contributed by atoms with E-state index in [-0.39, 0.29) is 25.7 Å². The molecule has 3 N–H and O–H groups in total. The Hall–Kier alpha value is -3.24. The van der Waals surface area contributed by atoms with Crippen molar-refractivity contribution in [2.75, 3.05) is 32.2 Å². The Morgan fingerprint density at radius 1 is 1.12 bits per heavy atom. The summed E-state index contributed by atoms with van der Waals surface area (Å²) in [7, 11) is 1.49. The molecule has 2 aromatic rings. The molecule has 0 heterocycles. The quantitative estimate of drug-likeness (QED) is 0.209. The molecule has 3 amide bonds. The first-order chi connectivity index (χ1) is 15.3. The van der Waals surface area contributed by atoms with Crippen LogP contribution in [0, 0.1) is 13.8 Å². The lowest BCUT2D eigenvalue weighted by Gasteiger charge is -2.12. The van der Waals surface area contributed by atoms with Gasteiger partial charge in [0.15, 0.2) is 6.61 Å². The predicted molar refractivity (Wildman–Crippen MR) is 125 cm³/mol. The number of carbonyl (C=O) groups excluding carboxylic acids is 3. The number of hydrogen-bond acceptors (Lipinski definition) is 6. The van der Waals surface area contributed by atoms with E-state index >= 15 is 0 Å². The summed E-state index contributed by atoms with van der Waals surface area (Å²) in [5, 5.41) is 9.00. The molecular weight excluding hydrogens is 480 g/mol. The number of methoxy groups -OCH3 is 1. The molecule has 0 aliphatic carbocycles. The summed E-state index contributed by atoms with van der Waals surface area (Å²) in [5.41, 5.74) is 5.42. The highest BCUT2D eigenvalue weighted by molar-refractivity contribution is 9.10. The van der Waals surface area contributed by atoms with E-state index in [1.807, 2.05) is 32.0 Å². The van der Waals surface area contributed by atoms with Crippen molar-refractivity contribution in [2.24, 2.45) is 5.10 Å². The Morgan fingerprint density at radius 2 is 1.91 bits per heavy atom. The van der Waals surface area contributed by atoms with Crippen LogP contribution in [0.2, 0.25) is 0 Å². The summed E-state index contributed by atoms with van der Waals surface area (Å²) < 4.78 is 11.2. The van der Waals surface area contributed by atoms with Crippen molar-refractivity contribution in [1.29, 1.82) is 0 Å². The molecule has 0 fully saturated rings. The smallest absolute Gasteiger partial charge is 0.329 e. The second-order valence-corrected chi connectivity index (χ2v) is 7.63. The minimum atomic E-state index is -0.914. The number of nitrogens with one attached hydrogen (secondary N) is 3. The fourth-order valence-corrected chi connectivity index (χ4v) is 2.90. The zero-order valence-corrected chi connectivity index (χ0v) is 19.6. The maximum Gasteiger partial charge on any atom is 0.329 e. The number of hydrazone groups is 1. The molecule has 0 saturated heterocycles. The highest BCUT2D eigenvalue weighted by Crippen LogP contribution is 2.22. The van der Waals surface area contributed by atoms with Gasteiger partial charge in [0.2, 0.25) is 0 Å². The molecule has 0 saturated carbocycles. The third kappa shape index (κ3) is 7.78. The van der Waals surface area contributed by atoms with Gasteiger partial charge >= 0.3 is 11.8 Å². The Morgan fingerprint density at radius 3 is 2.66 bits per heavy atom. The van der Waals surface area contributed by atoms with Gasteiger partial charge in [-0.15, -0.1) is 0 Å². The standard InChI is InChI=1S/C22H25BrN4O5/c1-14-5-4-6-18(15(14)2)26-20(28)13-32-19-8-7-17(23)11-16(19)12-25-27-22(30)21(29)24-9-10-31-3/h4-8,11-12H,9-10,13H2,1-3H3,(H,24,29)(H,26,28)(H,27,30)/b25-12-. The molecule has 10 heteroatoms. The summed E-state index contributed by atoms with van der Waals surface area (Å²) in [5.74, 6) is -1.67. The molecule has 32 heavy (non-hydrogen) atoms. The van der Waals surface area contributed by atoms with E-state index in [2.05, 4.69) is 37.1 Å². The second kappa shape index (κ2) is 12.6. The molecule has 2 rings (SSSR count). The van der Waals surface area contributed by atoms with Crippen molar-refractivity contribution in [3.05, 3.63) is 57.6 Å². The lowest BCUT2D eigenvalue weighted by atomic mass is 10.1. The topological polar surface area (TPSA) is 118 Å². The Bertz CT molecular complexity index is 1010. The van der Waals surface area contributed by atoms with Crippen LogP contribution in [0.3, 0.4) is 0 Å². The van der Waals surface area contributed by atoms with E-state index in [1.54, 1.807) is 18.2 Å². The van der Waals surface area contributed by atoms with E-state index in [9.17, 15) is 14.4 Å². The van der Waals surface area contributed by atoms with Crippen LogP contribution in [-0.4, -0.2) is 50.8 Å². The van der Waals surface area contributed by atoms with Crippen LogP contribution in [0.4, 0.5) is 5.69 Å². The normalized spacial score (nSPS) is 10.6. The molecule has 0 aromatic heterocycles. The fraction of sp³-hybridized carbons (Fsp3) is 0.273. The van der Waals surface area contributed by atoms with Gasteiger partial charge in [-0.25, -0.2) is 5.43 Å². The second-order valence-electron chi connectivity index (χ2n) is 6.71. The minimum Gasteiger partial charge on any atom is -0.483 e. The van der Waals surface area contributed by atoms with Crippen LogP contribution in [0.5, 0.6) is 5.75 Å². The van der Waals surface area contributed by atoms with E-state index in [1.165, 1.54) is 13.3 Å². The molecule has 170 valence electrons. The van der Waals surface area contributed by atoms with Crippen molar-refractivity contribution < 1.29 is 23.9 Å². The number of ether oxygens (including phenoxy) is 2. The minimum absolute atomic E-state index is 0.209. The number of amides is 3. The highest BCUT2D eigenvalue weighted by atomic mass is 79.9. The number of benzene rings is 2. The third-order valence-electron chi connectivity index (χ3n) is 4.38. The van der Waals surface area contributed by atoms with E-state index < -0.39 is 11.8 Å². The SMILES string of the molecule is COCCNC(=O)C(=O)N/N=C\c1cc(Br)ccc1OCC(=O)Nc1cccc(C)c1C. The highest BCUT2D eigenvalue weighted by Gasteiger charge is 2.12. The first kappa shape index (κ1) is 25.0. The van der Waals surface area contributed by atoms with Crippen LogP contribution in [0.1, 0.15) is 16.7 Å². The van der Waals surface area contributed by atoms with Gasteiger partial charge < -0.3 is 20.1 Å². The first-order valence-corrected chi connectivity index (χ1v) is 10.5. The molecule has 0 spiro atoms. The molecular formula is C22H25BrN4O5. The molecule has 0 aliphatic rings. The van der Waals surface area contributed by atoms with E-state index in [0.29, 0.717) is 11.3 Å². The maximum atomic E-state index is 12.3. The van der Waals surface area contributed by atoms with Crippen molar-refractivity contribution in [3.63, 3.8) is 0 Å². The van der Waals surface area contributed by atoms with Gasteiger partial charge in [0, 0.05) is 29.4 Å². The van der Waals surface area contributed by atoms with Gasteiger partial charge in [-0.3, -0.25) is 14.4 Å². The van der Waals surface area contributed by atoms with Gasteiger partial charge in [-0.1, -0.05) is 28.1 Å². The summed E-state index contributed by atoms with van der Waals surface area (Å²) in [6.45, 7) is 4.18. The monoisotopic (exact) mass is 504 g/mol. The number of rotatable bonds is 9. The van der Waals surface area contributed by atoms with Crippen LogP contribution >= 0.6 is 15.9 Å². The zero-order valence-electron chi connectivity index (χ0n) is 18.0. The molecule has 0 bridgehead atoms. The van der Waals surface area contributed by atoms with E-state index in [4.69, 9.17) is 9.47 Å². The number of nitrogens with zero attached hydrogens (tertiary/aromatic N) is 1. The molecule has 0 unspecified atom stereocenters. The molecule has 0 atom stereocenters. The Balaban J connectivity index is 1.96. The van der Waals surface area contributed by atoms with Crippen LogP contribution < -0.4 is 20.8 Å². The van der Waals surface area contributed by atoms with Gasteiger partial charge in [0.1, 0.15) is 5.75 Å². The molecule has 9 nitrogen and oxygen atoms in total. The van der Waals surface area contributed by atoms with Crippen LogP contribution in [0.25, 0.3) is 0 Å². The number of aryl methyl sites for hydroxylation is 1. The van der Waals surface area contributed by atoms with Crippen molar-refractivity contribution in [2.45, 2.75) is 13.8 Å². The number of anilines is 1. The van der Waals surface area contributed by atoms with Crippen LogP contribution in [-0.2, 0) is 19.1 Å². The summed E-state index contributed by atoms with van der Waals surface area (Å²) in [6.07, 6.45) is 1.32. The molecule has 2 aromatic carbocycles. The van der Waals surface area contributed by atoms with Crippen molar-refractivity contribution >= 4 is 45.6 Å². The largest absolute Gasteiger partial charge is 0.483 e. The van der Waals surface area contributed by atoms with Crippen LogP contribution in [0.15, 0.2) is 46.0 Å². The predicted octanol–water partition coefficient (Wildman–Crippen LogP) is 2.30. The van der Waals surface area contributed by atoms with E-state index in [0.717, 1.165) is 21.3 Å². The number of hydrogen-bond donors (Lipinski definition) is 3. The Labute approximate surface area is 194 Å². The molecule has 0 aliphatic heterocycles. The lowest BCUT2D eigenvalue weighted by molar-refractivity contribution is -0.139. The van der Waals surface area contributed by atoms with Gasteiger partial charge in [0.05, 0.1) is 12.8 Å². The third-order valence-corrected chi connectivity index (χ3v) is 4.87. The maximum absolute atomic E-state index is 12.3. The van der Waals surface area contributed by atoms with Gasteiger partial charge in [-0.05, 0) is 49.2 Å². The summed E-state index contributed by atoms with van der Waals surface area (Å²) in [4.78, 5) is 35.7. The van der Waals surface area contributed by atoms with Gasteiger partial charge in [-0.2, -0.15) is 5.10 Å². The zero-order chi connectivity index (χ0) is 23.5. The Kier molecular flexibility index (Phi) is 9.83. The summed E-state index contributed by atoms with van der Waals surface area (Å²) >= 11 is 3.35. The molecule has 0 radical (unpaired) electrons. The van der Waals surface area contributed by atoms with Gasteiger partial charge in [0.25, 0.3) is 5.91 Å². The lowest BCUT2D eigenvalue weighted by Crippen LogP contribution is -2.39. The van der Waals surface area contributed by atoms with Crippen molar-refractivity contribution in [1.82, 2.24) is 10.7 Å². The van der Waals surface area contributed by atoms with Crippen molar-refractivity contribution in [3.8, 4) is 5.75 Å². The average Bonchev–Trinajstić information content (AvgIpc) is 2.76. The number of carbonyl (C=O) groups is 3. The average molecular weight is 505 g/mol. The fourth-order valence-electron chi connectivity index (χ4n) is 2.53. The number of halogens is 1. The summed E-state index contributed by atoms with van der Waals surface area (Å²) in [6, 6.07) is 10.8.